The van der Waals surface area contributed by atoms with Gasteiger partial charge in [-0.25, -0.2) is 9.48 Å². The van der Waals surface area contributed by atoms with E-state index in [1.54, 1.807) is 0 Å². The van der Waals surface area contributed by atoms with Crippen LogP contribution in [0.25, 0.3) is 0 Å². The number of hydrogen-bond donors (Lipinski definition) is 1. The summed E-state index contributed by atoms with van der Waals surface area (Å²) in [7, 11) is 0. The molecule has 5 nitrogen and oxygen atoms in total. The summed E-state index contributed by atoms with van der Waals surface area (Å²) in [6.07, 6.45) is 6.40. The summed E-state index contributed by atoms with van der Waals surface area (Å²) in [5.41, 5.74) is -0.349. The summed E-state index contributed by atoms with van der Waals surface area (Å²) in [5, 5.41) is 13.1. The number of carboxylic acids is 1. The number of aliphatic carboxylic acids is 1. The molecule has 2 rings (SSSR count). The lowest BCUT2D eigenvalue weighted by Gasteiger charge is -2.17. The van der Waals surface area contributed by atoms with Crippen LogP contribution in [-0.4, -0.2) is 20.9 Å². The molecule has 0 aromatic carbocycles. The fourth-order valence-corrected chi connectivity index (χ4v) is 2.47. The normalized spacial score (nSPS) is 18.1. The van der Waals surface area contributed by atoms with Crippen LogP contribution in [0.5, 0.6) is 0 Å². The minimum atomic E-state index is -0.974. The molecule has 92 valence electrons. The van der Waals surface area contributed by atoms with E-state index in [2.05, 4.69) is 5.10 Å². The highest BCUT2D eigenvalue weighted by molar-refractivity contribution is 5.71. The van der Waals surface area contributed by atoms with Crippen LogP contribution in [0, 0.1) is 5.92 Å². The lowest BCUT2D eigenvalue weighted by Crippen LogP contribution is -2.32. The second kappa shape index (κ2) is 5.12. The summed E-state index contributed by atoms with van der Waals surface area (Å²) in [6.45, 7) is 0. The molecule has 17 heavy (non-hydrogen) atoms. The molecular formula is C12H16N2O3. The van der Waals surface area contributed by atoms with Gasteiger partial charge in [0.15, 0.2) is 6.04 Å². The third-order valence-corrected chi connectivity index (χ3v) is 3.35. The molecule has 1 heterocycles. The fourth-order valence-electron chi connectivity index (χ4n) is 2.47. The maximum Gasteiger partial charge on any atom is 0.328 e. The van der Waals surface area contributed by atoms with Gasteiger partial charge in [0.25, 0.3) is 5.56 Å². The van der Waals surface area contributed by atoms with Crippen LogP contribution < -0.4 is 5.56 Å². The van der Waals surface area contributed by atoms with Crippen molar-refractivity contribution in [3.05, 3.63) is 28.7 Å². The summed E-state index contributed by atoms with van der Waals surface area (Å²) in [4.78, 5) is 22.8. The third kappa shape index (κ3) is 2.72. The largest absolute Gasteiger partial charge is 0.480 e. The standard InChI is InChI=1S/C12H16N2O3/c15-11-6-3-7-13-14(11)10(12(16)17)8-9-4-1-2-5-9/h3,6-7,9-10H,1-2,4-5,8H2,(H,16,17). The van der Waals surface area contributed by atoms with Crippen molar-refractivity contribution >= 4 is 5.97 Å². The molecule has 5 heteroatoms. The van der Waals surface area contributed by atoms with Gasteiger partial charge in [0.05, 0.1) is 0 Å². The molecule has 1 aliphatic rings. The zero-order chi connectivity index (χ0) is 12.3. The average Bonchev–Trinajstić information content (AvgIpc) is 2.79. The van der Waals surface area contributed by atoms with Crippen LogP contribution in [0.15, 0.2) is 23.1 Å². The van der Waals surface area contributed by atoms with Gasteiger partial charge in [0.1, 0.15) is 0 Å². The van der Waals surface area contributed by atoms with Crippen molar-refractivity contribution < 1.29 is 9.90 Å². The minimum absolute atomic E-state index is 0.349. The predicted molar refractivity (Wildman–Crippen MR) is 61.7 cm³/mol. The van der Waals surface area contributed by atoms with Crippen LogP contribution in [0.3, 0.4) is 0 Å². The number of carboxylic acid groups (broad SMARTS) is 1. The molecule has 1 aliphatic carbocycles. The van der Waals surface area contributed by atoms with Crippen molar-refractivity contribution in [1.82, 2.24) is 9.78 Å². The Morgan fingerprint density at radius 2 is 2.24 bits per heavy atom. The Labute approximate surface area is 99.1 Å². The highest BCUT2D eigenvalue weighted by Gasteiger charge is 2.27. The number of rotatable bonds is 4. The van der Waals surface area contributed by atoms with E-state index in [0.29, 0.717) is 12.3 Å². The number of carbonyl (C=O) groups is 1. The molecule has 1 atom stereocenters. The van der Waals surface area contributed by atoms with E-state index in [0.717, 1.165) is 30.4 Å². The van der Waals surface area contributed by atoms with Crippen LogP contribution in [0.4, 0.5) is 0 Å². The summed E-state index contributed by atoms with van der Waals surface area (Å²) in [6, 6.07) is 2.04. The smallest absolute Gasteiger partial charge is 0.328 e. The SMILES string of the molecule is O=C(O)C(CC1CCCC1)n1ncccc1=O. The first-order valence-electron chi connectivity index (χ1n) is 5.95. The Kier molecular flexibility index (Phi) is 3.56. The van der Waals surface area contributed by atoms with Gasteiger partial charge in [-0.1, -0.05) is 25.7 Å². The lowest BCUT2D eigenvalue weighted by molar-refractivity contribution is -0.142. The molecule has 0 radical (unpaired) electrons. The van der Waals surface area contributed by atoms with E-state index in [4.69, 9.17) is 0 Å². The first kappa shape index (κ1) is 11.8. The van der Waals surface area contributed by atoms with Gasteiger partial charge in [-0.05, 0) is 18.4 Å². The van der Waals surface area contributed by atoms with E-state index in [-0.39, 0.29) is 5.56 Å². The molecule has 1 saturated carbocycles. The van der Waals surface area contributed by atoms with Crippen LogP contribution >= 0.6 is 0 Å². The van der Waals surface area contributed by atoms with E-state index in [1.165, 1.54) is 18.3 Å². The van der Waals surface area contributed by atoms with Crippen molar-refractivity contribution in [2.45, 2.75) is 38.1 Å². The van der Waals surface area contributed by atoms with E-state index >= 15 is 0 Å². The summed E-state index contributed by atoms with van der Waals surface area (Å²) in [5.74, 6) is -0.567. The average molecular weight is 236 g/mol. The molecule has 1 aromatic heterocycles. The molecule has 1 N–H and O–H groups in total. The molecule has 0 aliphatic heterocycles. The Morgan fingerprint density at radius 3 is 2.82 bits per heavy atom. The Hall–Kier alpha value is -1.65. The van der Waals surface area contributed by atoms with Crippen LogP contribution in [0.1, 0.15) is 38.1 Å². The highest BCUT2D eigenvalue weighted by atomic mass is 16.4. The van der Waals surface area contributed by atoms with Crippen molar-refractivity contribution in [3.63, 3.8) is 0 Å². The second-order valence-electron chi connectivity index (χ2n) is 4.55. The highest BCUT2D eigenvalue weighted by Crippen LogP contribution is 2.31. The predicted octanol–water partition coefficient (Wildman–Crippen LogP) is 1.45. The molecule has 1 unspecified atom stereocenters. The number of hydrogen-bond acceptors (Lipinski definition) is 3. The van der Waals surface area contributed by atoms with Gasteiger partial charge < -0.3 is 5.11 Å². The minimum Gasteiger partial charge on any atom is -0.480 e. The van der Waals surface area contributed by atoms with Crippen molar-refractivity contribution in [2.24, 2.45) is 5.92 Å². The van der Waals surface area contributed by atoms with Crippen molar-refractivity contribution in [2.75, 3.05) is 0 Å². The molecule has 0 bridgehead atoms. The quantitative estimate of drug-likeness (QED) is 0.858. The molecule has 0 saturated heterocycles. The Balaban J connectivity index is 2.20. The summed E-state index contributed by atoms with van der Waals surface area (Å²) >= 11 is 0. The van der Waals surface area contributed by atoms with Crippen LogP contribution in [-0.2, 0) is 4.79 Å². The van der Waals surface area contributed by atoms with Gasteiger partial charge in [-0.2, -0.15) is 5.10 Å². The zero-order valence-electron chi connectivity index (χ0n) is 9.58. The van der Waals surface area contributed by atoms with Gasteiger partial charge in [0.2, 0.25) is 0 Å². The Bertz CT molecular complexity index is 449. The Morgan fingerprint density at radius 1 is 1.53 bits per heavy atom. The maximum absolute atomic E-state index is 11.6. The fraction of sp³-hybridized carbons (Fsp3) is 0.583. The summed E-state index contributed by atoms with van der Waals surface area (Å²) < 4.78 is 1.08. The number of nitrogens with zero attached hydrogens (tertiary/aromatic N) is 2. The van der Waals surface area contributed by atoms with E-state index < -0.39 is 12.0 Å². The van der Waals surface area contributed by atoms with Gasteiger partial charge in [0, 0.05) is 12.3 Å². The number of aromatic nitrogens is 2. The van der Waals surface area contributed by atoms with Crippen molar-refractivity contribution in [3.8, 4) is 0 Å². The monoisotopic (exact) mass is 236 g/mol. The molecule has 0 spiro atoms. The molecule has 1 fully saturated rings. The van der Waals surface area contributed by atoms with E-state index in [1.807, 2.05) is 0 Å². The zero-order valence-corrected chi connectivity index (χ0v) is 9.58. The topological polar surface area (TPSA) is 72.2 Å². The van der Waals surface area contributed by atoms with Gasteiger partial charge >= 0.3 is 5.97 Å². The van der Waals surface area contributed by atoms with Gasteiger partial charge in [-0.3, -0.25) is 4.79 Å². The molecule has 1 aromatic rings. The second-order valence-corrected chi connectivity index (χ2v) is 4.55. The first-order chi connectivity index (χ1) is 8.18. The van der Waals surface area contributed by atoms with Gasteiger partial charge in [-0.15, -0.1) is 0 Å². The first-order valence-corrected chi connectivity index (χ1v) is 5.95. The van der Waals surface area contributed by atoms with Crippen molar-refractivity contribution in [1.29, 1.82) is 0 Å². The third-order valence-electron chi connectivity index (χ3n) is 3.35. The molecule has 0 amide bonds. The lowest BCUT2D eigenvalue weighted by atomic mass is 9.98. The molecular weight excluding hydrogens is 220 g/mol. The van der Waals surface area contributed by atoms with E-state index in [9.17, 15) is 14.7 Å². The van der Waals surface area contributed by atoms with Crippen LogP contribution in [0.2, 0.25) is 0 Å². The maximum atomic E-state index is 11.6.